The molecule has 1 heterocycles. The third-order valence-corrected chi connectivity index (χ3v) is 3.59. The average Bonchev–Trinajstić information content (AvgIpc) is 2.42. The Kier molecular flexibility index (Phi) is 3.62. The zero-order valence-corrected chi connectivity index (χ0v) is 12.7. The van der Waals surface area contributed by atoms with E-state index in [4.69, 9.17) is 33.7 Å². The van der Waals surface area contributed by atoms with Crippen LogP contribution >= 0.6 is 23.2 Å². The SMILES string of the molecule is Cc1cnc2ccc(Oc3c(Cl)cc(N)cc3Cl)cc2c1. The fourth-order valence-electron chi connectivity index (χ4n) is 2.08. The molecule has 0 amide bonds. The summed E-state index contributed by atoms with van der Waals surface area (Å²) in [5.74, 6) is 1.04. The maximum Gasteiger partial charge on any atom is 0.164 e. The van der Waals surface area contributed by atoms with Crippen molar-refractivity contribution in [2.75, 3.05) is 5.73 Å². The van der Waals surface area contributed by atoms with Gasteiger partial charge in [-0.1, -0.05) is 23.2 Å². The summed E-state index contributed by atoms with van der Waals surface area (Å²) < 4.78 is 5.80. The Morgan fingerprint density at radius 1 is 1.05 bits per heavy atom. The quantitative estimate of drug-likeness (QED) is 0.658. The minimum atomic E-state index is 0.377. The summed E-state index contributed by atoms with van der Waals surface area (Å²) in [7, 11) is 0. The maximum atomic E-state index is 6.13. The van der Waals surface area contributed by atoms with E-state index < -0.39 is 0 Å². The molecule has 5 heteroatoms. The van der Waals surface area contributed by atoms with E-state index in [0.29, 0.717) is 27.2 Å². The number of anilines is 1. The standard InChI is InChI=1S/C16H12Cl2N2O/c1-9-4-10-5-12(2-3-15(10)20-8-9)21-16-13(17)6-11(19)7-14(16)18/h2-8H,19H2,1H3. The van der Waals surface area contributed by atoms with Crippen LogP contribution in [0.4, 0.5) is 5.69 Å². The van der Waals surface area contributed by atoms with Gasteiger partial charge in [0.05, 0.1) is 15.6 Å². The molecule has 1 aromatic heterocycles. The Labute approximate surface area is 132 Å². The van der Waals surface area contributed by atoms with Crippen LogP contribution in [0.2, 0.25) is 10.0 Å². The van der Waals surface area contributed by atoms with Gasteiger partial charge in [0.25, 0.3) is 0 Å². The summed E-state index contributed by atoms with van der Waals surface area (Å²) in [5.41, 5.74) is 8.17. The van der Waals surface area contributed by atoms with E-state index in [1.807, 2.05) is 37.4 Å². The number of hydrogen-bond acceptors (Lipinski definition) is 3. The second-order valence-corrected chi connectivity index (χ2v) is 5.60. The van der Waals surface area contributed by atoms with E-state index in [1.54, 1.807) is 12.1 Å². The van der Waals surface area contributed by atoms with E-state index in [0.717, 1.165) is 16.5 Å². The van der Waals surface area contributed by atoms with Crippen LogP contribution < -0.4 is 10.5 Å². The van der Waals surface area contributed by atoms with Gasteiger partial charge in [0, 0.05) is 17.3 Å². The number of pyridine rings is 1. The minimum absolute atomic E-state index is 0.377. The van der Waals surface area contributed by atoms with Crippen LogP contribution in [0.25, 0.3) is 10.9 Å². The molecular weight excluding hydrogens is 307 g/mol. The summed E-state index contributed by atoms with van der Waals surface area (Å²) in [4.78, 5) is 4.35. The van der Waals surface area contributed by atoms with Gasteiger partial charge in [0.15, 0.2) is 5.75 Å². The molecule has 0 spiro atoms. The fourth-order valence-corrected chi connectivity index (χ4v) is 2.66. The topological polar surface area (TPSA) is 48.1 Å². The lowest BCUT2D eigenvalue weighted by atomic mass is 10.1. The maximum absolute atomic E-state index is 6.13. The van der Waals surface area contributed by atoms with Gasteiger partial charge in [0.2, 0.25) is 0 Å². The van der Waals surface area contributed by atoms with Crippen molar-refractivity contribution in [3.8, 4) is 11.5 Å². The van der Waals surface area contributed by atoms with Crippen LogP contribution in [0.5, 0.6) is 11.5 Å². The number of halogens is 2. The van der Waals surface area contributed by atoms with E-state index in [9.17, 15) is 0 Å². The molecule has 106 valence electrons. The summed E-state index contributed by atoms with van der Waals surface area (Å²) in [6.07, 6.45) is 1.83. The highest BCUT2D eigenvalue weighted by Crippen LogP contribution is 2.38. The van der Waals surface area contributed by atoms with E-state index in [1.165, 1.54) is 0 Å². The number of aromatic nitrogens is 1. The highest BCUT2D eigenvalue weighted by Gasteiger charge is 2.10. The predicted octanol–water partition coefficient (Wildman–Crippen LogP) is 5.22. The van der Waals surface area contributed by atoms with E-state index >= 15 is 0 Å². The lowest BCUT2D eigenvalue weighted by molar-refractivity contribution is 0.484. The van der Waals surface area contributed by atoms with Crippen molar-refractivity contribution in [2.45, 2.75) is 6.92 Å². The number of nitrogens with two attached hydrogens (primary N) is 1. The Balaban J connectivity index is 2.02. The van der Waals surface area contributed by atoms with Crippen molar-refractivity contribution in [1.29, 1.82) is 0 Å². The highest BCUT2D eigenvalue weighted by atomic mass is 35.5. The van der Waals surface area contributed by atoms with Gasteiger partial charge in [-0.2, -0.15) is 0 Å². The molecule has 0 saturated heterocycles. The number of aryl methyl sites for hydroxylation is 1. The van der Waals surface area contributed by atoms with Crippen LogP contribution in [0, 0.1) is 6.92 Å². The van der Waals surface area contributed by atoms with E-state index in [2.05, 4.69) is 4.98 Å². The lowest BCUT2D eigenvalue weighted by Gasteiger charge is -2.11. The monoisotopic (exact) mass is 318 g/mol. The van der Waals surface area contributed by atoms with Gasteiger partial charge in [-0.05, 0) is 48.9 Å². The number of benzene rings is 2. The van der Waals surface area contributed by atoms with Crippen molar-refractivity contribution >= 4 is 39.8 Å². The van der Waals surface area contributed by atoms with Crippen molar-refractivity contribution in [3.05, 3.63) is 58.2 Å². The van der Waals surface area contributed by atoms with Crippen LogP contribution in [0.15, 0.2) is 42.6 Å². The first kappa shape index (κ1) is 14.0. The first-order valence-electron chi connectivity index (χ1n) is 6.32. The Morgan fingerprint density at radius 3 is 2.48 bits per heavy atom. The predicted molar refractivity (Wildman–Crippen MR) is 87.4 cm³/mol. The first-order valence-corrected chi connectivity index (χ1v) is 7.07. The summed E-state index contributed by atoms with van der Waals surface area (Å²) in [6.45, 7) is 1.99. The highest BCUT2D eigenvalue weighted by molar-refractivity contribution is 6.37. The van der Waals surface area contributed by atoms with Crippen molar-refractivity contribution < 1.29 is 4.74 Å². The van der Waals surface area contributed by atoms with Gasteiger partial charge in [-0.15, -0.1) is 0 Å². The molecule has 0 aliphatic heterocycles. The normalized spacial score (nSPS) is 10.8. The van der Waals surface area contributed by atoms with Crippen molar-refractivity contribution in [2.24, 2.45) is 0 Å². The molecule has 0 bridgehead atoms. The molecule has 0 fully saturated rings. The molecule has 3 rings (SSSR count). The van der Waals surface area contributed by atoms with Gasteiger partial charge in [-0.25, -0.2) is 0 Å². The lowest BCUT2D eigenvalue weighted by Crippen LogP contribution is -1.91. The average molecular weight is 319 g/mol. The first-order chi connectivity index (χ1) is 10.0. The molecule has 2 aromatic carbocycles. The smallest absolute Gasteiger partial charge is 0.164 e. The second kappa shape index (κ2) is 5.43. The Hall–Kier alpha value is -1.97. The Morgan fingerprint density at radius 2 is 1.76 bits per heavy atom. The van der Waals surface area contributed by atoms with Crippen LogP contribution in [-0.4, -0.2) is 4.98 Å². The number of nitrogens with zero attached hydrogens (tertiary/aromatic N) is 1. The second-order valence-electron chi connectivity index (χ2n) is 4.78. The Bertz CT molecular complexity index is 811. The van der Waals surface area contributed by atoms with Gasteiger partial charge >= 0.3 is 0 Å². The number of nitrogen functional groups attached to an aromatic ring is 1. The summed E-state index contributed by atoms with van der Waals surface area (Å²) in [6, 6.07) is 10.9. The van der Waals surface area contributed by atoms with Crippen molar-refractivity contribution in [3.63, 3.8) is 0 Å². The zero-order valence-electron chi connectivity index (χ0n) is 11.2. The summed E-state index contributed by atoms with van der Waals surface area (Å²) >= 11 is 12.3. The molecule has 0 unspecified atom stereocenters. The molecule has 0 aliphatic rings. The van der Waals surface area contributed by atoms with Crippen LogP contribution in [-0.2, 0) is 0 Å². The fraction of sp³-hybridized carbons (Fsp3) is 0.0625. The number of ether oxygens (including phenoxy) is 1. The van der Waals surface area contributed by atoms with Gasteiger partial charge in [-0.3, -0.25) is 4.98 Å². The number of fused-ring (bicyclic) bond motifs is 1. The largest absolute Gasteiger partial charge is 0.454 e. The van der Waals surface area contributed by atoms with Gasteiger partial charge < -0.3 is 10.5 Å². The molecule has 0 radical (unpaired) electrons. The molecule has 21 heavy (non-hydrogen) atoms. The molecule has 3 nitrogen and oxygen atoms in total. The molecular formula is C16H12Cl2N2O. The summed E-state index contributed by atoms with van der Waals surface area (Å²) in [5, 5.41) is 1.75. The third kappa shape index (κ3) is 2.89. The van der Waals surface area contributed by atoms with E-state index in [-0.39, 0.29) is 0 Å². The zero-order chi connectivity index (χ0) is 15.0. The number of rotatable bonds is 2. The number of hydrogen-bond donors (Lipinski definition) is 1. The minimum Gasteiger partial charge on any atom is -0.454 e. The van der Waals surface area contributed by atoms with Gasteiger partial charge in [0.1, 0.15) is 5.75 Å². The molecule has 2 N–H and O–H groups in total. The van der Waals surface area contributed by atoms with Crippen LogP contribution in [0.1, 0.15) is 5.56 Å². The molecule has 3 aromatic rings. The molecule has 0 aliphatic carbocycles. The third-order valence-electron chi connectivity index (χ3n) is 3.03. The van der Waals surface area contributed by atoms with Crippen molar-refractivity contribution in [1.82, 2.24) is 4.98 Å². The van der Waals surface area contributed by atoms with Crippen LogP contribution in [0.3, 0.4) is 0 Å². The molecule has 0 atom stereocenters. The molecule has 0 saturated carbocycles.